The highest BCUT2D eigenvalue weighted by Crippen LogP contribution is 2.31. The van der Waals surface area contributed by atoms with E-state index in [1.54, 1.807) is 6.07 Å². The van der Waals surface area contributed by atoms with Crippen LogP contribution in [0.3, 0.4) is 0 Å². The number of ether oxygens (including phenoxy) is 1. The number of hydrogen-bond donors (Lipinski definition) is 2. The summed E-state index contributed by atoms with van der Waals surface area (Å²) in [5.41, 5.74) is 6.47. The fourth-order valence-electron chi connectivity index (χ4n) is 3.11. The fraction of sp³-hybridized carbons (Fsp3) is 0.625. The first kappa shape index (κ1) is 14.9. The number of rotatable bonds is 5. The molecular weight excluding hydrogens is 255 g/mol. The lowest BCUT2D eigenvalue weighted by Gasteiger charge is -2.26. The second-order valence-electron chi connectivity index (χ2n) is 5.93. The maximum absolute atomic E-state index is 13.8. The van der Waals surface area contributed by atoms with Gasteiger partial charge in [0.1, 0.15) is 11.6 Å². The number of hydrogen-bond acceptors (Lipinski definition) is 3. The summed E-state index contributed by atoms with van der Waals surface area (Å²) in [7, 11) is 1.54. The molecule has 2 atom stereocenters. The average Bonchev–Trinajstić information content (AvgIpc) is 2.41. The average molecular weight is 280 g/mol. The van der Waals surface area contributed by atoms with Crippen LogP contribution in [-0.2, 0) is 0 Å². The SMILES string of the molecule is COc1cc(NCCC2CCCC(C)C2)c(F)cc1N. The molecule has 3 nitrogen and oxygen atoms in total. The van der Waals surface area contributed by atoms with E-state index in [-0.39, 0.29) is 5.82 Å². The van der Waals surface area contributed by atoms with Crippen molar-refractivity contribution in [2.75, 3.05) is 24.7 Å². The van der Waals surface area contributed by atoms with Gasteiger partial charge in [0.15, 0.2) is 0 Å². The normalized spacial score (nSPS) is 22.6. The van der Waals surface area contributed by atoms with E-state index in [4.69, 9.17) is 10.5 Å². The Kier molecular flexibility index (Phi) is 5.10. The van der Waals surface area contributed by atoms with Gasteiger partial charge in [-0.15, -0.1) is 0 Å². The third-order valence-corrected chi connectivity index (χ3v) is 4.23. The lowest BCUT2D eigenvalue weighted by molar-refractivity contribution is 0.274. The van der Waals surface area contributed by atoms with Crippen LogP contribution in [0, 0.1) is 17.7 Å². The molecule has 1 aliphatic carbocycles. The highest BCUT2D eigenvalue weighted by atomic mass is 19.1. The summed E-state index contributed by atoms with van der Waals surface area (Å²) >= 11 is 0. The van der Waals surface area contributed by atoms with E-state index < -0.39 is 0 Å². The number of halogens is 1. The van der Waals surface area contributed by atoms with E-state index in [2.05, 4.69) is 12.2 Å². The van der Waals surface area contributed by atoms with Crippen molar-refractivity contribution in [3.05, 3.63) is 17.9 Å². The molecule has 1 fully saturated rings. The molecular formula is C16H25FN2O. The molecule has 0 heterocycles. The monoisotopic (exact) mass is 280 g/mol. The van der Waals surface area contributed by atoms with Gasteiger partial charge in [0.2, 0.25) is 0 Å². The minimum atomic E-state index is -0.319. The molecule has 0 spiro atoms. The van der Waals surface area contributed by atoms with Gasteiger partial charge in [-0.05, 0) is 24.7 Å². The number of anilines is 2. The molecule has 20 heavy (non-hydrogen) atoms. The summed E-state index contributed by atoms with van der Waals surface area (Å²) in [6.07, 6.45) is 6.38. The van der Waals surface area contributed by atoms with Gasteiger partial charge in [0, 0.05) is 18.7 Å². The van der Waals surface area contributed by atoms with Crippen molar-refractivity contribution in [2.45, 2.75) is 39.0 Å². The second-order valence-corrected chi connectivity index (χ2v) is 5.93. The smallest absolute Gasteiger partial charge is 0.148 e. The summed E-state index contributed by atoms with van der Waals surface area (Å²) in [5, 5.41) is 3.17. The van der Waals surface area contributed by atoms with Gasteiger partial charge < -0.3 is 15.8 Å². The Bertz CT molecular complexity index is 450. The Hall–Kier alpha value is -1.45. The van der Waals surface area contributed by atoms with E-state index in [0.717, 1.165) is 24.8 Å². The lowest BCUT2D eigenvalue weighted by atomic mass is 9.81. The maximum Gasteiger partial charge on any atom is 0.148 e. The molecule has 1 aromatic rings. The number of nitrogens with one attached hydrogen (secondary N) is 1. The first-order chi connectivity index (χ1) is 9.60. The first-order valence-electron chi connectivity index (χ1n) is 7.47. The molecule has 2 unspecified atom stereocenters. The summed E-state index contributed by atoms with van der Waals surface area (Å²) in [4.78, 5) is 0. The first-order valence-corrected chi connectivity index (χ1v) is 7.47. The summed E-state index contributed by atoms with van der Waals surface area (Å²) in [5.74, 6) is 1.80. The van der Waals surface area contributed by atoms with Crippen LogP contribution in [0.4, 0.5) is 15.8 Å². The van der Waals surface area contributed by atoms with Gasteiger partial charge in [0.25, 0.3) is 0 Å². The van der Waals surface area contributed by atoms with E-state index in [9.17, 15) is 4.39 Å². The fourth-order valence-corrected chi connectivity index (χ4v) is 3.11. The minimum absolute atomic E-state index is 0.319. The van der Waals surface area contributed by atoms with Crippen LogP contribution < -0.4 is 15.8 Å². The Morgan fingerprint density at radius 1 is 1.40 bits per heavy atom. The number of nitrogens with two attached hydrogens (primary N) is 1. The van der Waals surface area contributed by atoms with E-state index in [0.29, 0.717) is 17.1 Å². The van der Waals surface area contributed by atoms with Crippen LogP contribution in [0.1, 0.15) is 39.0 Å². The van der Waals surface area contributed by atoms with Crippen molar-refractivity contribution in [1.29, 1.82) is 0 Å². The molecule has 2 rings (SSSR count). The van der Waals surface area contributed by atoms with E-state index in [1.807, 2.05) is 0 Å². The Balaban J connectivity index is 1.87. The summed E-state index contributed by atoms with van der Waals surface area (Å²) < 4.78 is 18.9. The number of benzene rings is 1. The highest BCUT2D eigenvalue weighted by Gasteiger charge is 2.18. The molecule has 3 N–H and O–H groups in total. The largest absolute Gasteiger partial charge is 0.495 e. The van der Waals surface area contributed by atoms with Crippen molar-refractivity contribution < 1.29 is 9.13 Å². The zero-order valence-electron chi connectivity index (χ0n) is 12.4. The third-order valence-electron chi connectivity index (χ3n) is 4.23. The zero-order valence-corrected chi connectivity index (χ0v) is 12.4. The van der Waals surface area contributed by atoms with Crippen LogP contribution >= 0.6 is 0 Å². The molecule has 0 aromatic heterocycles. The minimum Gasteiger partial charge on any atom is -0.495 e. The quantitative estimate of drug-likeness (QED) is 0.800. The number of nitrogen functional groups attached to an aromatic ring is 1. The molecule has 112 valence electrons. The van der Waals surface area contributed by atoms with Crippen LogP contribution in [-0.4, -0.2) is 13.7 Å². The van der Waals surface area contributed by atoms with Gasteiger partial charge in [-0.2, -0.15) is 0 Å². The Morgan fingerprint density at radius 3 is 2.90 bits per heavy atom. The van der Waals surface area contributed by atoms with Gasteiger partial charge in [-0.1, -0.05) is 26.2 Å². The highest BCUT2D eigenvalue weighted by molar-refractivity contribution is 5.62. The predicted octanol–water partition coefficient (Wildman–Crippen LogP) is 4.04. The molecule has 0 radical (unpaired) electrons. The van der Waals surface area contributed by atoms with Crippen LogP contribution in [0.2, 0.25) is 0 Å². The molecule has 1 aromatic carbocycles. The summed E-state index contributed by atoms with van der Waals surface area (Å²) in [6.45, 7) is 3.12. The molecule has 0 amide bonds. The van der Waals surface area contributed by atoms with Crippen LogP contribution in [0.15, 0.2) is 12.1 Å². The van der Waals surface area contributed by atoms with Crippen LogP contribution in [0.25, 0.3) is 0 Å². The zero-order chi connectivity index (χ0) is 14.5. The molecule has 1 saturated carbocycles. The van der Waals surface area contributed by atoms with Gasteiger partial charge in [-0.3, -0.25) is 0 Å². The molecule has 0 aliphatic heterocycles. The van der Waals surface area contributed by atoms with Gasteiger partial charge >= 0.3 is 0 Å². The molecule has 0 bridgehead atoms. The maximum atomic E-state index is 13.8. The summed E-state index contributed by atoms with van der Waals surface area (Å²) in [6, 6.07) is 2.94. The van der Waals surface area contributed by atoms with Crippen molar-refractivity contribution in [1.82, 2.24) is 0 Å². The van der Waals surface area contributed by atoms with Crippen molar-refractivity contribution in [3.63, 3.8) is 0 Å². The topological polar surface area (TPSA) is 47.3 Å². The standard InChI is InChI=1S/C16H25FN2O/c1-11-4-3-5-12(8-11)6-7-19-15-10-16(20-2)14(18)9-13(15)17/h9-12,19H,3-8,18H2,1-2H3. The second kappa shape index (κ2) is 6.82. The van der Waals surface area contributed by atoms with Crippen molar-refractivity contribution in [2.24, 2.45) is 11.8 Å². The van der Waals surface area contributed by atoms with Crippen LogP contribution in [0.5, 0.6) is 5.75 Å². The van der Waals surface area contributed by atoms with E-state index in [1.165, 1.54) is 38.9 Å². The Morgan fingerprint density at radius 2 is 2.20 bits per heavy atom. The van der Waals surface area contributed by atoms with Gasteiger partial charge in [-0.25, -0.2) is 4.39 Å². The lowest BCUT2D eigenvalue weighted by Crippen LogP contribution is -2.17. The van der Waals surface area contributed by atoms with Crippen molar-refractivity contribution >= 4 is 11.4 Å². The molecule has 4 heteroatoms. The predicted molar refractivity (Wildman–Crippen MR) is 81.6 cm³/mol. The van der Waals surface area contributed by atoms with E-state index >= 15 is 0 Å². The third kappa shape index (κ3) is 3.78. The van der Waals surface area contributed by atoms with Crippen molar-refractivity contribution in [3.8, 4) is 5.75 Å². The number of methoxy groups -OCH3 is 1. The molecule has 0 saturated heterocycles. The molecule has 1 aliphatic rings. The van der Waals surface area contributed by atoms with Gasteiger partial charge in [0.05, 0.1) is 18.5 Å². The Labute approximate surface area is 120 Å².